The maximum absolute atomic E-state index is 12.4. The van der Waals surface area contributed by atoms with Gasteiger partial charge in [-0.25, -0.2) is 0 Å². The van der Waals surface area contributed by atoms with Crippen molar-refractivity contribution in [3.63, 3.8) is 0 Å². The van der Waals surface area contributed by atoms with Crippen LogP contribution in [-0.4, -0.2) is 17.2 Å². The van der Waals surface area contributed by atoms with Gasteiger partial charge in [-0.1, -0.05) is 60.7 Å². The molecular formula is C18H14N2O2. The number of aliphatic hydroxyl groups excluding tert-OH is 1. The van der Waals surface area contributed by atoms with E-state index in [0.29, 0.717) is 22.5 Å². The average molecular weight is 290 g/mol. The van der Waals surface area contributed by atoms with Crippen LogP contribution >= 0.6 is 0 Å². The first-order valence-corrected chi connectivity index (χ1v) is 7.11. The number of nitrogens with one attached hydrogen (secondary N) is 2. The van der Waals surface area contributed by atoms with E-state index in [-0.39, 0.29) is 5.91 Å². The van der Waals surface area contributed by atoms with E-state index in [2.05, 4.69) is 10.6 Å². The van der Waals surface area contributed by atoms with Crippen molar-refractivity contribution >= 4 is 17.3 Å². The Morgan fingerprint density at radius 1 is 0.818 bits per heavy atom. The molecule has 0 fully saturated rings. The topological polar surface area (TPSA) is 61.4 Å². The van der Waals surface area contributed by atoms with E-state index in [9.17, 15) is 9.90 Å². The molecule has 0 saturated heterocycles. The normalized spacial score (nSPS) is 20.0. The molecule has 2 aliphatic heterocycles. The van der Waals surface area contributed by atoms with Crippen LogP contribution < -0.4 is 10.6 Å². The number of rotatable bonds is 2. The zero-order chi connectivity index (χ0) is 15.1. The van der Waals surface area contributed by atoms with Crippen LogP contribution in [0.25, 0.3) is 11.4 Å². The maximum atomic E-state index is 12.4. The Morgan fingerprint density at radius 3 is 1.95 bits per heavy atom. The van der Waals surface area contributed by atoms with Crippen molar-refractivity contribution < 1.29 is 9.90 Å². The van der Waals surface area contributed by atoms with Gasteiger partial charge >= 0.3 is 0 Å². The molecule has 108 valence electrons. The summed E-state index contributed by atoms with van der Waals surface area (Å²) < 4.78 is 0. The van der Waals surface area contributed by atoms with Crippen LogP contribution in [0, 0.1) is 0 Å². The smallest absolute Gasteiger partial charge is 0.258 e. The van der Waals surface area contributed by atoms with Gasteiger partial charge in [-0.05, 0) is 11.1 Å². The van der Waals surface area contributed by atoms with Crippen molar-refractivity contribution in [2.24, 2.45) is 0 Å². The minimum absolute atomic E-state index is 0.184. The Balaban J connectivity index is 1.91. The molecule has 2 aromatic carbocycles. The maximum Gasteiger partial charge on any atom is 0.258 e. The Hall–Kier alpha value is -2.85. The fraction of sp³-hybridized carbons (Fsp3) is 0.0556. The highest BCUT2D eigenvalue weighted by Gasteiger charge is 2.40. The Bertz CT molecular complexity index is 807. The first kappa shape index (κ1) is 12.9. The Labute approximate surface area is 127 Å². The number of aliphatic hydroxyl groups is 1. The second-order valence-electron chi connectivity index (χ2n) is 5.27. The Morgan fingerprint density at radius 2 is 1.36 bits per heavy atom. The summed E-state index contributed by atoms with van der Waals surface area (Å²) in [5.41, 5.74) is 4.26. The zero-order valence-corrected chi connectivity index (χ0v) is 11.7. The van der Waals surface area contributed by atoms with E-state index in [4.69, 9.17) is 0 Å². The van der Waals surface area contributed by atoms with Crippen LogP contribution in [0.15, 0.2) is 71.8 Å². The van der Waals surface area contributed by atoms with Gasteiger partial charge in [0, 0.05) is 5.57 Å². The lowest BCUT2D eigenvalue weighted by atomic mass is 10.0. The molecule has 22 heavy (non-hydrogen) atoms. The molecule has 0 aliphatic carbocycles. The molecule has 4 nitrogen and oxygen atoms in total. The predicted molar refractivity (Wildman–Crippen MR) is 84.0 cm³/mol. The summed E-state index contributed by atoms with van der Waals surface area (Å²) in [4.78, 5) is 12.4. The molecule has 0 saturated carbocycles. The number of hydrogen-bond donors (Lipinski definition) is 3. The average Bonchev–Trinajstić information content (AvgIpc) is 3.09. The van der Waals surface area contributed by atoms with Gasteiger partial charge in [-0.3, -0.25) is 4.79 Å². The Kier molecular flexibility index (Phi) is 2.84. The van der Waals surface area contributed by atoms with E-state index in [0.717, 1.165) is 11.1 Å². The number of carbonyl (C=O) groups is 1. The summed E-state index contributed by atoms with van der Waals surface area (Å²) in [7, 11) is 0. The van der Waals surface area contributed by atoms with Crippen LogP contribution in [0.5, 0.6) is 0 Å². The lowest BCUT2D eigenvalue weighted by Crippen LogP contribution is -2.25. The van der Waals surface area contributed by atoms with E-state index in [1.807, 2.05) is 60.7 Å². The molecule has 0 aromatic heterocycles. The van der Waals surface area contributed by atoms with Crippen molar-refractivity contribution in [3.8, 4) is 0 Å². The summed E-state index contributed by atoms with van der Waals surface area (Å²) in [6, 6.07) is 19.1. The first-order chi connectivity index (χ1) is 10.8. The lowest BCUT2D eigenvalue weighted by molar-refractivity contribution is -0.115. The number of carbonyl (C=O) groups excluding carboxylic acids is 1. The molecule has 1 atom stereocenters. The molecule has 3 N–H and O–H groups in total. The molecule has 2 aliphatic rings. The fourth-order valence-electron chi connectivity index (χ4n) is 2.96. The van der Waals surface area contributed by atoms with Gasteiger partial charge in [0.15, 0.2) is 6.23 Å². The predicted octanol–water partition coefficient (Wildman–Crippen LogP) is 1.86. The summed E-state index contributed by atoms with van der Waals surface area (Å²) >= 11 is 0. The number of hydrogen-bond acceptors (Lipinski definition) is 3. The summed E-state index contributed by atoms with van der Waals surface area (Å²) in [6.45, 7) is 0. The summed E-state index contributed by atoms with van der Waals surface area (Å²) in [5, 5.41) is 16.3. The highest BCUT2D eigenvalue weighted by atomic mass is 16.3. The minimum atomic E-state index is -0.889. The molecule has 1 unspecified atom stereocenters. The van der Waals surface area contributed by atoms with Gasteiger partial charge in [0.2, 0.25) is 0 Å². The largest absolute Gasteiger partial charge is 0.369 e. The number of amides is 1. The van der Waals surface area contributed by atoms with Gasteiger partial charge < -0.3 is 15.7 Å². The fourth-order valence-corrected chi connectivity index (χ4v) is 2.96. The molecule has 0 bridgehead atoms. The van der Waals surface area contributed by atoms with Crippen LogP contribution in [-0.2, 0) is 4.79 Å². The van der Waals surface area contributed by atoms with Crippen LogP contribution in [0.4, 0.5) is 0 Å². The van der Waals surface area contributed by atoms with Gasteiger partial charge in [0.25, 0.3) is 5.91 Å². The van der Waals surface area contributed by atoms with Crippen LogP contribution in [0.2, 0.25) is 0 Å². The number of benzene rings is 2. The minimum Gasteiger partial charge on any atom is -0.369 e. The monoisotopic (exact) mass is 290 g/mol. The third kappa shape index (κ3) is 1.85. The van der Waals surface area contributed by atoms with Crippen molar-refractivity contribution in [2.45, 2.75) is 6.23 Å². The van der Waals surface area contributed by atoms with E-state index >= 15 is 0 Å². The molecule has 4 heteroatoms. The zero-order valence-electron chi connectivity index (χ0n) is 11.7. The number of fused-ring (bicyclic) bond motifs is 1. The van der Waals surface area contributed by atoms with Gasteiger partial charge in [0.05, 0.1) is 17.0 Å². The first-order valence-electron chi connectivity index (χ1n) is 7.11. The summed E-state index contributed by atoms with van der Waals surface area (Å²) in [5.74, 6) is -0.184. The highest BCUT2D eigenvalue weighted by molar-refractivity contribution is 6.16. The molecule has 2 heterocycles. The van der Waals surface area contributed by atoms with E-state index in [1.165, 1.54) is 0 Å². The SMILES string of the molecule is O=C1NC(c2ccccc2)=C2C1=C(c1ccccc1)NC2O. The summed E-state index contributed by atoms with van der Waals surface area (Å²) in [6.07, 6.45) is -0.889. The van der Waals surface area contributed by atoms with E-state index in [1.54, 1.807) is 0 Å². The quantitative estimate of drug-likeness (QED) is 0.791. The van der Waals surface area contributed by atoms with Crippen molar-refractivity contribution in [2.75, 3.05) is 0 Å². The van der Waals surface area contributed by atoms with Crippen molar-refractivity contribution in [3.05, 3.63) is 82.9 Å². The van der Waals surface area contributed by atoms with E-state index < -0.39 is 6.23 Å². The second-order valence-corrected chi connectivity index (χ2v) is 5.27. The van der Waals surface area contributed by atoms with Crippen molar-refractivity contribution in [1.82, 2.24) is 10.6 Å². The molecule has 0 spiro atoms. The van der Waals surface area contributed by atoms with Gasteiger partial charge in [0.1, 0.15) is 0 Å². The molecular weight excluding hydrogens is 276 g/mol. The molecule has 2 aromatic rings. The van der Waals surface area contributed by atoms with Gasteiger partial charge in [-0.2, -0.15) is 0 Å². The van der Waals surface area contributed by atoms with Crippen LogP contribution in [0.3, 0.4) is 0 Å². The van der Waals surface area contributed by atoms with Crippen LogP contribution in [0.1, 0.15) is 11.1 Å². The third-order valence-electron chi connectivity index (χ3n) is 3.93. The molecule has 0 radical (unpaired) electrons. The second kappa shape index (κ2) is 4.86. The lowest BCUT2D eigenvalue weighted by Gasteiger charge is -2.12. The highest BCUT2D eigenvalue weighted by Crippen LogP contribution is 2.38. The van der Waals surface area contributed by atoms with Crippen molar-refractivity contribution in [1.29, 1.82) is 0 Å². The molecule has 4 rings (SSSR count). The third-order valence-corrected chi connectivity index (χ3v) is 3.93. The van der Waals surface area contributed by atoms with Gasteiger partial charge in [-0.15, -0.1) is 0 Å². The molecule has 1 amide bonds. The standard InChI is InChI=1S/C18H14N2O2/c21-17-13-14(16(20-17)12-9-5-2-6-10-12)18(22)19-15(13)11-7-3-1-4-8-11/h1-10,17,20-21H,(H,19,22).